The van der Waals surface area contributed by atoms with Gasteiger partial charge >= 0.3 is 17.9 Å². The lowest BCUT2D eigenvalue weighted by molar-refractivity contribution is -0.147. The topological polar surface area (TPSA) is 245 Å². The maximum atomic E-state index is 12.8. The molecule has 192 valence electrons. The molecule has 3 amide bonds. The molecule has 9 N–H and O–H groups in total. The molecule has 0 radical (unpaired) electrons. The van der Waals surface area contributed by atoms with Gasteiger partial charge in [0.2, 0.25) is 17.7 Å². The number of nitrogens with two attached hydrogens (primary N) is 1. The van der Waals surface area contributed by atoms with Gasteiger partial charge in [-0.1, -0.05) is 30.3 Å². The first-order valence-electron chi connectivity index (χ1n) is 10.4. The smallest absolute Gasteiger partial charge is 0.326 e. The van der Waals surface area contributed by atoms with Crippen LogP contribution in [0.4, 0.5) is 0 Å². The first kappa shape index (κ1) is 29.0. The zero-order valence-electron chi connectivity index (χ0n) is 18.7. The van der Waals surface area contributed by atoms with Crippen molar-refractivity contribution >= 4 is 35.6 Å². The molecule has 14 heteroatoms. The third kappa shape index (κ3) is 10.2. The highest BCUT2D eigenvalue weighted by Crippen LogP contribution is 2.06. The van der Waals surface area contributed by atoms with E-state index in [0.29, 0.717) is 5.56 Å². The van der Waals surface area contributed by atoms with Crippen LogP contribution in [0.15, 0.2) is 30.3 Å². The number of benzene rings is 1. The molecule has 1 aromatic carbocycles. The van der Waals surface area contributed by atoms with E-state index in [9.17, 15) is 39.0 Å². The van der Waals surface area contributed by atoms with Gasteiger partial charge < -0.3 is 42.1 Å². The lowest BCUT2D eigenvalue weighted by Crippen LogP contribution is -2.59. The first-order chi connectivity index (χ1) is 16.3. The summed E-state index contributed by atoms with van der Waals surface area (Å²) in [6, 6.07) is 1.78. The average Bonchev–Trinajstić information content (AvgIpc) is 2.76. The molecule has 0 aromatic heterocycles. The molecule has 35 heavy (non-hydrogen) atoms. The Labute approximate surface area is 199 Å². The predicted octanol–water partition coefficient (Wildman–Crippen LogP) is -2.57. The molecule has 0 aliphatic carbocycles. The molecule has 14 nitrogen and oxygen atoms in total. The summed E-state index contributed by atoms with van der Waals surface area (Å²) >= 11 is 0. The minimum Gasteiger partial charge on any atom is -0.481 e. The first-order valence-corrected chi connectivity index (χ1v) is 10.4. The van der Waals surface area contributed by atoms with Crippen LogP contribution in [-0.2, 0) is 35.2 Å². The van der Waals surface area contributed by atoms with Gasteiger partial charge in [0.15, 0.2) is 0 Å². The van der Waals surface area contributed by atoms with Gasteiger partial charge in [0.25, 0.3) is 0 Å². The lowest BCUT2D eigenvalue weighted by Gasteiger charge is -2.25. The summed E-state index contributed by atoms with van der Waals surface area (Å²) in [5.41, 5.74) is 6.04. The van der Waals surface area contributed by atoms with E-state index >= 15 is 0 Å². The second-order valence-corrected chi connectivity index (χ2v) is 7.67. The maximum Gasteiger partial charge on any atom is 0.326 e. The average molecular weight is 496 g/mol. The minimum atomic E-state index is -1.80. The molecule has 1 aromatic rings. The summed E-state index contributed by atoms with van der Waals surface area (Å²) in [7, 11) is 0. The van der Waals surface area contributed by atoms with Crippen LogP contribution in [0, 0.1) is 0 Å². The van der Waals surface area contributed by atoms with Crippen molar-refractivity contribution < 1.29 is 49.2 Å². The third-order valence-corrected chi connectivity index (χ3v) is 4.74. The highest BCUT2D eigenvalue weighted by molar-refractivity contribution is 5.96. The SMILES string of the molecule is CC(O)C(N)C(=O)NC(CC(=O)O)C(=O)NC(Cc1ccccc1)C(=O)NC(CC(=O)O)C(=O)O. The number of rotatable bonds is 14. The van der Waals surface area contributed by atoms with Gasteiger partial charge in [-0.05, 0) is 12.5 Å². The highest BCUT2D eigenvalue weighted by Gasteiger charge is 2.32. The van der Waals surface area contributed by atoms with Crippen LogP contribution in [0.3, 0.4) is 0 Å². The highest BCUT2D eigenvalue weighted by atomic mass is 16.4. The van der Waals surface area contributed by atoms with E-state index < -0.39 is 78.7 Å². The van der Waals surface area contributed by atoms with Crippen molar-refractivity contribution in [3.8, 4) is 0 Å². The van der Waals surface area contributed by atoms with Gasteiger partial charge in [-0.3, -0.25) is 24.0 Å². The largest absolute Gasteiger partial charge is 0.481 e. The normalized spacial score (nSPS) is 14.9. The number of amides is 3. The molecule has 5 unspecified atom stereocenters. The van der Waals surface area contributed by atoms with E-state index in [1.54, 1.807) is 30.3 Å². The summed E-state index contributed by atoms with van der Waals surface area (Å²) < 4.78 is 0. The van der Waals surface area contributed by atoms with Crippen molar-refractivity contribution in [2.75, 3.05) is 0 Å². The summed E-state index contributed by atoms with van der Waals surface area (Å²) in [4.78, 5) is 71.3. The summed E-state index contributed by atoms with van der Waals surface area (Å²) in [5.74, 6) is -7.73. The number of aliphatic hydroxyl groups excluding tert-OH is 1. The molecule has 0 spiro atoms. The molecular weight excluding hydrogens is 468 g/mol. The van der Waals surface area contributed by atoms with Crippen LogP contribution in [0.2, 0.25) is 0 Å². The number of aliphatic carboxylic acids is 3. The summed E-state index contributed by atoms with van der Waals surface area (Å²) in [5, 5.41) is 43.1. The quantitative estimate of drug-likeness (QED) is 0.133. The Morgan fingerprint density at radius 1 is 0.771 bits per heavy atom. The Morgan fingerprint density at radius 2 is 1.23 bits per heavy atom. The molecule has 0 heterocycles. The third-order valence-electron chi connectivity index (χ3n) is 4.74. The number of hydrogen-bond donors (Lipinski definition) is 8. The second-order valence-electron chi connectivity index (χ2n) is 7.67. The Balaban J connectivity index is 3.15. The van der Waals surface area contributed by atoms with Crippen LogP contribution in [0.1, 0.15) is 25.3 Å². The fourth-order valence-corrected chi connectivity index (χ4v) is 2.85. The number of carboxylic acids is 3. The molecular formula is C21H28N4O10. The van der Waals surface area contributed by atoms with Gasteiger partial charge in [0, 0.05) is 6.42 Å². The van der Waals surface area contributed by atoms with Crippen molar-refractivity contribution in [1.82, 2.24) is 16.0 Å². The van der Waals surface area contributed by atoms with Crippen LogP contribution in [0.5, 0.6) is 0 Å². The van der Waals surface area contributed by atoms with Crippen LogP contribution >= 0.6 is 0 Å². The molecule has 0 saturated carbocycles. The van der Waals surface area contributed by atoms with E-state index in [1.165, 1.54) is 6.92 Å². The van der Waals surface area contributed by atoms with E-state index in [4.69, 9.17) is 15.9 Å². The van der Waals surface area contributed by atoms with Crippen molar-refractivity contribution in [2.24, 2.45) is 5.73 Å². The van der Waals surface area contributed by atoms with Crippen LogP contribution in [0.25, 0.3) is 0 Å². The van der Waals surface area contributed by atoms with E-state index in [1.807, 2.05) is 5.32 Å². The predicted molar refractivity (Wildman–Crippen MR) is 118 cm³/mol. The molecule has 0 fully saturated rings. The van der Waals surface area contributed by atoms with E-state index in [2.05, 4.69) is 10.6 Å². The van der Waals surface area contributed by atoms with E-state index in [0.717, 1.165) is 0 Å². The fourth-order valence-electron chi connectivity index (χ4n) is 2.85. The molecule has 0 saturated heterocycles. The minimum absolute atomic E-state index is 0.168. The number of carboxylic acid groups (broad SMARTS) is 3. The number of hydrogen-bond acceptors (Lipinski definition) is 8. The van der Waals surface area contributed by atoms with Crippen molar-refractivity contribution in [3.63, 3.8) is 0 Å². The Kier molecular flexibility index (Phi) is 11.3. The maximum absolute atomic E-state index is 12.8. The number of aliphatic hydroxyl groups is 1. The lowest BCUT2D eigenvalue weighted by atomic mass is 10.0. The van der Waals surface area contributed by atoms with Crippen LogP contribution < -0.4 is 21.7 Å². The summed E-state index contributed by atoms with van der Waals surface area (Å²) in [6.07, 6.45) is -3.29. The van der Waals surface area contributed by atoms with Crippen molar-refractivity contribution in [2.45, 2.75) is 56.5 Å². The standard InChI is InChI=1S/C21H28N4O10/c1-10(26)17(22)20(33)24-13(8-15(27)28)19(32)23-12(7-11-5-3-2-4-6-11)18(31)25-14(21(34)35)9-16(29)30/h2-6,10,12-14,17,26H,7-9,22H2,1H3,(H,23,32)(H,24,33)(H,25,31)(H,27,28)(H,29,30)(H,34,35). The fraction of sp³-hybridized carbons (Fsp3) is 0.429. The van der Waals surface area contributed by atoms with Gasteiger partial charge in [-0.2, -0.15) is 0 Å². The molecule has 5 atom stereocenters. The van der Waals surface area contributed by atoms with Crippen LogP contribution in [-0.4, -0.2) is 86.3 Å². The number of carbonyl (C=O) groups excluding carboxylic acids is 3. The van der Waals surface area contributed by atoms with Gasteiger partial charge in [0.05, 0.1) is 18.9 Å². The zero-order chi connectivity index (χ0) is 26.7. The monoisotopic (exact) mass is 496 g/mol. The van der Waals surface area contributed by atoms with Gasteiger partial charge in [-0.25, -0.2) is 4.79 Å². The summed E-state index contributed by atoms with van der Waals surface area (Å²) in [6.45, 7) is 1.22. The Morgan fingerprint density at radius 3 is 1.71 bits per heavy atom. The van der Waals surface area contributed by atoms with Gasteiger partial charge in [-0.15, -0.1) is 0 Å². The molecule has 0 aliphatic rings. The van der Waals surface area contributed by atoms with Crippen molar-refractivity contribution in [1.29, 1.82) is 0 Å². The number of carbonyl (C=O) groups is 6. The molecule has 0 bridgehead atoms. The zero-order valence-corrected chi connectivity index (χ0v) is 18.7. The second kappa shape index (κ2) is 13.6. The van der Waals surface area contributed by atoms with E-state index in [-0.39, 0.29) is 6.42 Å². The molecule has 0 aliphatic heterocycles. The Hall–Kier alpha value is -4.04. The van der Waals surface area contributed by atoms with Crippen molar-refractivity contribution in [3.05, 3.63) is 35.9 Å². The number of nitrogens with one attached hydrogen (secondary N) is 3. The van der Waals surface area contributed by atoms with Gasteiger partial charge in [0.1, 0.15) is 24.2 Å². The molecule has 1 rings (SSSR count). The Bertz CT molecular complexity index is 937.